The van der Waals surface area contributed by atoms with Crippen LogP contribution in [0.4, 0.5) is 0 Å². The summed E-state index contributed by atoms with van der Waals surface area (Å²) in [7, 11) is -1.22. The zero-order chi connectivity index (χ0) is 11.3. The summed E-state index contributed by atoms with van der Waals surface area (Å²) in [5, 5.41) is 1.50. The Hall–Kier alpha value is -1.08. The van der Waals surface area contributed by atoms with Gasteiger partial charge in [0.05, 0.1) is 8.07 Å². The Balaban J connectivity index is 3.05. The molecule has 0 unspecified atom stereocenters. The van der Waals surface area contributed by atoms with Crippen molar-refractivity contribution in [1.29, 1.82) is 0 Å². The van der Waals surface area contributed by atoms with Crippen molar-refractivity contribution in [3.05, 3.63) is 53.2 Å². The highest BCUT2D eigenvalue weighted by atomic mass is 28.3. The maximum atomic E-state index is 2.38. The molecule has 1 heteroatoms. The van der Waals surface area contributed by atoms with E-state index in [2.05, 4.69) is 75.1 Å². The second-order valence-corrected chi connectivity index (χ2v) is 9.84. The molecule has 0 nitrogen and oxygen atoms in total. The van der Waals surface area contributed by atoms with Crippen molar-refractivity contribution in [3.63, 3.8) is 0 Å². The van der Waals surface area contributed by atoms with Crippen LogP contribution in [-0.2, 0) is 0 Å². The Morgan fingerprint density at radius 1 is 1.07 bits per heavy atom. The van der Waals surface area contributed by atoms with Crippen LogP contribution in [0.5, 0.6) is 0 Å². The second kappa shape index (κ2) is 5.13. The Labute approximate surface area is 94.4 Å². The molecule has 0 heterocycles. The average Bonchev–Trinajstić information content (AvgIpc) is 2.17. The van der Waals surface area contributed by atoms with Gasteiger partial charge in [0.1, 0.15) is 0 Å². The predicted octanol–water partition coefficient (Wildman–Crippen LogP) is 4.52. The SMILES string of the molecule is C/C=C/C(=C/c1ccccc1)[Si](C)(C)C. The average molecular weight is 216 g/mol. The van der Waals surface area contributed by atoms with Crippen molar-refractivity contribution in [1.82, 2.24) is 0 Å². The van der Waals surface area contributed by atoms with E-state index < -0.39 is 8.07 Å². The van der Waals surface area contributed by atoms with Crippen LogP contribution in [0.15, 0.2) is 47.7 Å². The van der Waals surface area contributed by atoms with Crippen LogP contribution < -0.4 is 0 Å². The van der Waals surface area contributed by atoms with Gasteiger partial charge < -0.3 is 0 Å². The topological polar surface area (TPSA) is 0 Å². The first-order chi connectivity index (χ1) is 7.04. The number of rotatable bonds is 3. The molecule has 1 aromatic carbocycles. The van der Waals surface area contributed by atoms with E-state index in [0.717, 1.165) is 0 Å². The lowest BCUT2D eigenvalue weighted by molar-refractivity contribution is 1.60. The van der Waals surface area contributed by atoms with Gasteiger partial charge in [-0.2, -0.15) is 0 Å². The lowest BCUT2D eigenvalue weighted by Crippen LogP contribution is -2.22. The highest BCUT2D eigenvalue weighted by Crippen LogP contribution is 2.19. The normalized spacial score (nSPS) is 13.5. The fraction of sp³-hybridized carbons (Fsp3) is 0.286. The highest BCUT2D eigenvalue weighted by molar-refractivity contribution is 6.84. The smallest absolute Gasteiger partial charge is 0.0776 e. The number of benzene rings is 1. The maximum absolute atomic E-state index is 2.38. The van der Waals surface area contributed by atoms with Crippen LogP contribution in [0.1, 0.15) is 12.5 Å². The summed E-state index contributed by atoms with van der Waals surface area (Å²) in [6.45, 7) is 9.21. The maximum Gasteiger partial charge on any atom is 0.0776 e. The van der Waals surface area contributed by atoms with Crippen molar-refractivity contribution < 1.29 is 0 Å². The highest BCUT2D eigenvalue weighted by Gasteiger charge is 2.16. The van der Waals surface area contributed by atoms with Crippen LogP contribution in [-0.4, -0.2) is 8.07 Å². The third-order valence-corrected chi connectivity index (χ3v) is 4.38. The molecule has 0 aromatic heterocycles. The van der Waals surface area contributed by atoms with Crippen LogP contribution >= 0.6 is 0 Å². The van der Waals surface area contributed by atoms with Gasteiger partial charge in [-0.25, -0.2) is 0 Å². The first-order valence-electron chi connectivity index (χ1n) is 5.44. The van der Waals surface area contributed by atoms with E-state index in [4.69, 9.17) is 0 Å². The summed E-state index contributed by atoms with van der Waals surface area (Å²) in [5.41, 5.74) is 1.30. The molecule has 0 aliphatic rings. The number of hydrogen-bond donors (Lipinski definition) is 0. The molecule has 0 N–H and O–H groups in total. The Morgan fingerprint density at radius 3 is 2.13 bits per heavy atom. The molecule has 1 rings (SSSR count). The van der Waals surface area contributed by atoms with Gasteiger partial charge in [-0.05, 0) is 12.5 Å². The molecule has 0 saturated heterocycles. The van der Waals surface area contributed by atoms with Crippen LogP contribution in [0, 0.1) is 0 Å². The van der Waals surface area contributed by atoms with E-state index >= 15 is 0 Å². The van der Waals surface area contributed by atoms with Gasteiger partial charge in [0.15, 0.2) is 0 Å². The molecule has 0 atom stereocenters. The van der Waals surface area contributed by atoms with Gasteiger partial charge >= 0.3 is 0 Å². The molecule has 0 saturated carbocycles. The molecule has 0 bridgehead atoms. The molecule has 0 amide bonds. The first kappa shape index (κ1) is 12.0. The molecular formula is C14H20Si. The minimum absolute atomic E-state index is 1.22. The van der Waals surface area contributed by atoms with E-state index in [1.54, 1.807) is 0 Å². The van der Waals surface area contributed by atoms with Gasteiger partial charge in [-0.1, -0.05) is 73.4 Å². The second-order valence-electron chi connectivity index (χ2n) is 4.76. The molecule has 0 radical (unpaired) electrons. The summed E-state index contributed by atoms with van der Waals surface area (Å²) >= 11 is 0. The number of hydrogen-bond acceptors (Lipinski definition) is 0. The van der Waals surface area contributed by atoms with Gasteiger partial charge in [-0.3, -0.25) is 0 Å². The summed E-state index contributed by atoms with van der Waals surface area (Å²) in [6.07, 6.45) is 6.69. The molecule has 0 aliphatic carbocycles. The molecular weight excluding hydrogens is 196 g/mol. The minimum Gasteiger partial charge on any atom is -0.0878 e. The molecule has 0 aliphatic heterocycles. The van der Waals surface area contributed by atoms with E-state index in [1.807, 2.05) is 0 Å². The van der Waals surface area contributed by atoms with Crippen molar-refractivity contribution in [2.24, 2.45) is 0 Å². The van der Waals surface area contributed by atoms with E-state index in [1.165, 1.54) is 10.8 Å². The lowest BCUT2D eigenvalue weighted by atomic mass is 10.2. The van der Waals surface area contributed by atoms with Crippen molar-refractivity contribution in [3.8, 4) is 0 Å². The largest absolute Gasteiger partial charge is 0.0878 e. The summed E-state index contributed by atoms with van der Waals surface area (Å²) in [5.74, 6) is 0. The van der Waals surface area contributed by atoms with Crippen molar-refractivity contribution >= 4 is 14.1 Å². The molecule has 0 spiro atoms. The quantitative estimate of drug-likeness (QED) is 0.514. The third kappa shape index (κ3) is 3.88. The zero-order valence-electron chi connectivity index (χ0n) is 10.1. The lowest BCUT2D eigenvalue weighted by Gasteiger charge is -2.18. The molecule has 0 fully saturated rings. The van der Waals surface area contributed by atoms with Crippen molar-refractivity contribution in [2.45, 2.75) is 26.6 Å². The Kier molecular flexibility index (Phi) is 4.10. The summed E-state index contributed by atoms with van der Waals surface area (Å²) in [4.78, 5) is 0. The Bertz CT molecular complexity index is 353. The molecule has 15 heavy (non-hydrogen) atoms. The predicted molar refractivity (Wildman–Crippen MR) is 72.6 cm³/mol. The van der Waals surface area contributed by atoms with Gasteiger partial charge in [0.25, 0.3) is 0 Å². The van der Waals surface area contributed by atoms with Gasteiger partial charge in [-0.15, -0.1) is 0 Å². The fourth-order valence-electron chi connectivity index (χ4n) is 1.42. The van der Waals surface area contributed by atoms with Crippen molar-refractivity contribution in [2.75, 3.05) is 0 Å². The van der Waals surface area contributed by atoms with Gasteiger partial charge in [0, 0.05) is 0 Å². The monoisotopic (exact) mass is 216 g/mol. The standard InChI is InChI=1S/C14H20Si/c1-5-9-14(15(2,3)4)12-13-10-7-6-8-11-13/h5-12H,1-4H3/b9-5+,14-12-. The van der Waals surface area contributed by atoms with E-state index in [9.17, 15) is 0 Å². The first-order valence-corrected chi connectivity index (χ1v) is 8.94. The third-order valence-electron chi connectivity index (χ3n) is 2.33. The van der Waals surface area contributed by atoms with Crippen LogP contribution in [0.2, 0.25) is 19.6 Å². The van der Waals surface area contributed by atoms with Gasteiger partial charge in [0.2, 0.25) is 0 Å². The number of allylic oxidation sites excluding steroid dienone is 3. The minimum atomic E-state index is -1.22. The Morgan fingerprint density at radius 2 is 1.67 bits per heavy atom. The summed E-state index contributed by atoms with van der Waals surface area (Å²) in [6, 6.07) is 10.5. The molecule has 1 aromatic rings. The van der Waals surface area contributed by atoms with Crippen LogP contribution in [0.25, 0.3) is 6.08 Å². The summed E-state index contributed by atoms with van der Waals surface area (Å²) < 4.78 is 0. The fourth-order valence-corrected chi connectivity index (χ4v) is 2.69. The van der Waals surface area contributed by atoms with E-state index in [0.29, 0.717) is 0 Å². The van der Waals surface area contributed by atoms with E-state index in [-0.39, 0.29) is 0 Å². The molecule has 80 valence electrons. The van der Waals surface area contributed by atoms with Crippen LogP contribution in [0.3, 0.4) is 0 Å². The zero-order valence-corrected chi connectivity index (χ0v) is 11.1.